The van der Waals surface area contributed by atoms with Gasteiger partial charge in [0.25, 0.3) is 0 Å². The lowest BCUT2D eigenvalue weighted by Gasteiger charge is -2.05. The molecular weight excluding hydrogens is 316 g/mol. The van der Waals surface area contributed by atoms with E-state index in [0.29, 0.717) is 5.03 Å². The fourth-order valence-corrected chi connectivity index (χ4v) is 2.67. The third-order valence-corrected chi connectivity index (χ3v) is 3.84. The van der Waals surface area contributed by atoms with Crippen molar-refractivity contribution in [3.63, 3.8) is 0 Å². The van der Waals surface area contributed by atoms with Crippen molar-refractivity contribution in [3.8, 4) is 0 Å². The van der Waals surface area contributed by atoms with Gasteiger partial charge in [-0.15, -0.1) is 0 Å². The maximum Gasteiger partial charge on any atom is 0.0704 e. The molecule has 0 radical (unpaired) electrons. The fourth-order valence-electron chi connectivity index (χ4n) is 2.56. The van der Waals surface area contributed by atoms with E-state index in [2.05, 4.69) is 48.3 Å². The second-order valence-corrected chi connectivity index (χ2v) is 6.21. The number of hydrogen-bond donors (Lipinski definition) is 1. The van der Waals surface area contributed by atoms with Gasteiger partial charge in [-0.05, 0) is 42.7 Å². The van der Waals surface area contributed by atoms with Crippen molar-refractivity contribution in [2.24, 2.45) is 4.99 Å². The van der Waals surface area contributed by atoms with Crippen LogP contribution in [0.3, 0.4) is 0 Å². The van der Waals surface area contributed by atoms with Gasteiger partial charge in [-0.2, -0.15) is 0 Å². The maximum atomic E-state index is 6.05. The third-order valence-electron chi connectivity index (χ3n) is 3.73. The number of allylic oxidation sites excluding steroid dienone is 1. The molecule has 0 aliphatic rings. The maximum absolute atomic E-state index is 6.05. The molecule has 2 aromatic rings. The third kappa shape index (κ3) is 4.36. The lowest BCUT2D eigenvalue weighted by molar-refractivity contribution is 0.922. The number of aliphatic imine (C=N–C) groups is 1. The summed E-state index contributed by atoms with van der Waals surface area (Å²) in [4.78, 5) is 7.88. The smallest absolute Gasteiger partial charge is 0.0704 e. The molecule has 0 aliphatic carbocycles. The predicted molar refractivity (Wildman–Crippen MR) is 108 cm³/mol. The minimum absolute atomic E-state index is 0.712. The predicted octanol–water partition coefficient (Wildman–Crippen LogP) is 6.60. The Balaban J connectivity index is 2.42. The molecule has 24 heavy (non-hydrogen) atoms. The van der Waals surface area contributed by atoms with Crippen LogP contribution in [0.1, 0.15) is 48.2 Å². The van der Waals surface area contributed by atoms with Gasteiger partial charge in [0.15, 0.2) is 0 Å². The Morgan fingerprint density at radius 1 is 1.25 bits per heavy atom. The summed E-state index contributed by atoms with van der Waals surface area (Å²) in [5, 5.41) is 0.712. The molecule has 2 rings (SSSR count). The van der Waals surface area contributed by atoms with E-state index in [1.165, 1.54) is 5.56 Å². The average molecular weight is 339 g/mol. The zero-order valence-electron chi connectivity index (χ0n) is 14.3. The quantitative estimate of drug-likeness (QED) is 0.550. The lowest BCUT2D eigenvalue weighted by atomic mass is 10.1. The van der Waals surface area contributed by atoms with Crippen molar-refractivity contribution in [1.82, 2.24) is 4.98 Å². The molecule has 3 heteroatoms. The van der Waals surface area contributed by atoms with Crippen LogP contribution in [0.25, 0.3) is 18.2 Å². The average Bonchev–Trinajstić information content (AvgIpc) is 2.94. The minimum atomic E-state index is 0.712. The minimum Gasteiger partial charge on any atom is -0.361 e. The first-order valence-corrected chi connectivity index (χ1v) is 8.43. The molecule has 1 N–H and O–H groups in total. The number of aromatic nitrogens is 1. The summed E-state index contributed by atoms with van der Waals surface area (Å²) in [6.45, 7) is 11.7. The molecule has 0 aliphatic heterocycles. The van der Waals surface area contributed by atoms with Gasteiger partial charge in [0.2, 0.25) is 0 Å². The van der Waals surface area contributed by atoms with E-state index in [1.807, 2.05) is 31.5 Å². The van der Waals surface area contributed by atoms with E-state index in [9.17, 15) is 0 Å². The Morgan fingerprint density at radius 3 is 2.67 bits per heavy atom. The number of aryl methyl sites for hydroxylation is 1. The van der Waals surface area contributed by atoms with Crippen LogP contribution >= 0.6 is 11.6 Å². The van der Waals surface area contributed by atoms with Gasteiger partial charge in [0.1, 0.15) is 0 Å². The van der Waals surface area contributed by atoms with Crippen LogP contribution in [0.5, 0.6) is 0 Å². The van der Waals surface area contributed by atoms with Crippen LogP contribution in [0.15, 0.2) is 47.6 Å². The van der Waals surface area contributed by atoms with Crippen LogP contribution < -0.4 is 0 Å². The highest BCUT2D eigenvalue weighted by Gasteiger charge is 2.06. The SMILES string of the molecule is C=Cc1ccc(CCC)cc1N=Cc1c[nH]c(C=C)c1/C=C(\C)Cl. The summed E-state index contributed by atoms with van der Waals surface area (Å²) in [6, 6.07) is 6.33. The first kappa shape index (κ1) is 18.0. The number of hydrogen-bond acceptors (Lipinski definition) is 1. The molecule has 1 heterocycles. The molecule has 1 aromatic carbocycles. The number of nitrogens with one attached hydrogen (secondary N) is 1. The first-order valence-electron chi connectivity index (χ1n) is 8.06. The van der Waals surface area contributed by atoms with E-state index >= 15 is 0 Å². The molecule has 0 bridgehead atoms. The Bertz CT molecular complexity index is 790. The van der Waals surface area contributed by atoms with Gasteiger partial charge >= 0.3 is 0 Å². The van der Waals surface area contributed by atoms with Gasteiger partial charge in [-0.3, -0.25) is 4.99 Å². The summed E-state index contributed by atoms with van der Waals surface area (Å²) >= 11 is 6.05. The standard InChI is InChI=1S/C21H23ClN2/c1-5-8-16-9-10-17(6-2)21(12-16)24-14-18-13-23-20(7-3)19(18)11-15(4)22/h6-7,9-14,23H,2-3,5,8H2,1,4H3/b15-11+,24-14?. The molecule has 0 unspecified atom stereocenters. The van der Waals surface area contributed by atoms with Crippen molar-refractivity contribution in [2.45, 2.75) is 26.7 Å². The number of nitrogens with zero attached hydrogens (tertiary/aromatic N) is 1. The summed E-state index contributed by atoms with van der Waals surface area (Å²) < 4.78 is 0. The molecule has 1 aromatic heterocycles. The molecule has 0 atom stereocenters. The Kier molecular flexibility index (Phi) is 6.39. The Morgan fingerprint density at radius 2 is 2.04 bits per heavy atom. The van der Waals surface area contributed by atoms with Crippen LogP contribution in [0.2, 0.25) is 0 Å². The number of H-pyrrole nitrogens is 1. The summed E-state index contributed by atoms with van der Waals surface area (Å²) in [5.41, 5.74) is 6.13. The van der Waals surface area contributed by atoms with Gasteiger partial charge in [0, 0.05) is 34.3 Å². The van der Waals surface area contributed by atoms with Crippen LogP contribution in [-0.4, -0.2) is 11.2 Å². The van der Waals surface area contributed by atoms with Crippen molar-refractivity contribution < 1.29 is 0 Å². The molecule has 0 amide bonds. The molecule has 2 nitrogen and oxygen atoms in total. The zero-order valence-corrected chi connectivity index (χ0v) is 15.0. The second-order valence-electron chi connectivity index (χ2n) is 5.61. The summed E-state index contributed by atoms with van der Waals surface area (Å²) in [6.07, 6.45) is 11.4. The van der Waals surface area contributed by atoms with Crippen LogP contribution in [0, 0.1) is 0 Å². The van der Waals surface area contributed by atoms with E-state index < -0.39 is 0 Å². The summed E-state index contributed by atoms with van der Waals surface area (Å²) in [5.74, 6) is 0. The molecule has 124 valence electrons. The number of aromatic amines is 1. The van der Waals surface area contributed by atoms with E-state index in [-0.39, 0.29) is 0 Å². The highest BCUT2D eigenvalue weighted by Crippen LogP contribution is 2.24. The Hall–Kier alpha value is -2.32. The highest BCUT2D eigenvalue weighted by atomic mass is 35.5. The fraction of sp³-hybridized carbons (Fsp3) is 0.190. The number of benzene rings is 1. The Labute approximate surface area is 149 Å². The molecule has 0 saturated carbocycles. The van der Waals surface area contributed by atoms with Gasteiger partial charge < -0.3 is 4.98 Å². The van der Waals surface area contributed by atoms with Crippen LogP contribution in [-0.2, 0) is 6.42 Å². The van der Waals surface area contributed by atoms with E-state index in [1.54, 1.807) is 6.08 Å². The number of rotatable bonds is 7. The summed E-state index contributed by atoms with van der Waals surface area (Å²) in [7, 11) is 0. The van der Waals surface area contributed by atoms with Gasteiger partial charge in [0.05, 0.1) is 5.69 Å². The van der Waals surface area contributed by atoms with Crippen molar-refractivity contribution in [1.29, 1.82) is 0 Å². The lowest BCUT2D eigenvalue weighted by Crippen LogP contribution is -1.87. The van der Waals surface area contributed by atoms with Gasteiger partial charge in [-0.25, -0.2) is 0 Å². The number of halogens is 1. The molecule has 0 spiro atoms. The van der Waals surface area contributed by atoms with Gasteiger partial charge in [-0.1, -0.05) is 56.3 Å². The molecule has 0 fully saturated rings. The molecule has 0 saturated heterocycles. The van der Waals surface area contributed by atoms with E-state index in [0.717, 1.165) is 40.9 Å². The zero-order chi connectivity index (χ0) is 17.5. The van der Waals surface area contributed by atoms with Crippen molar-refractivity contribution in [2.75, 3.05) is 0 Å². The first-order chi connectivity index (χ1) is 11.6. The molecular formula is C21H23ClN2. The second kappa shape index (κ2) is 8.51. The van der Waals surface area contributed by atoms with E-state index in [4.69, 9.17) is 11.6 Å². The van der Waals surface area contributed by atoms with Crippen molar-refractivity contribution >= 4 is 41.7 Å². The van der Waals surface area contributed by atoms with Crippen LogP contribution in [0.4, 0.5) is 5.69 Å². The largest absolute Gasteiger partial charge is 0.361 e. The monoisotopic (exact) mass is 338 g/mol. The topological polar surface area (TPSA) is 28.1 Å². The highest BCUT2D eigenvalue weighted by molar-refractivity contribution is 6.31. The van der Waals surface area contributed by atoms with Crippen molar-refractivity contribution in [3.05, 3.63) is 70.5 Å². The normalized spacial score (nSPS) is 11.9.